The van der Waals surface area contributed by atoms with Crippen molar-refractivity contribution in [2.45, 2.75) is 45.8 Å². The lowest BCUT2D eigenvalue weighted by Gasteiger charge is -2.27. The Labute approximate surface area is 193 Å². The zero-order valence-electron chi connectivity index (χ0n) is 18.9. The molecule has 7 nitrogen and oxygen atoms in total. The third kappa shape index (κ3) is 5.87. The number of ether oxygens (including phenoxy) is 2. The predicted molar refractivity (Wildman–Crippen MR) is 124 cm³/mol. The number of halogens is 1. The summed E-state index contributed by atoms with van der Waals surface area (Å²) in [6, 6.07) is 13.3. The summed E-state index contributed by atoms with van der Waals surface area (Å²) in [4.78, 5) is 15.8. The number of nitrogens with zero attached hydrogens (tertiary/aromatic N) is 2. The molecule has 0 aliphatic rings. The van der Waals surface area contributed by atoms with E-state index < -0.39 is 0 Å². The molecule has 1 heterocycles. The number of nitrogens with one attached hydrogen (secondary N) is 1. The Bertz CT molecular complexity index is 1060. The Balaban J connectivity index is 1.71. The summed E-state index contributed by atoms with van der Waals surface area (Å²) in [5.74, 6) is 1.25. The highest BCUT2D eigenvalue weighted by Crippen LogP contribution is 2.31. The molecule has 170 valence electrons. The molecule has 8 heteroatoms. The molecule has 3 aromatic rings. The average molecular weight is 458 g/mol. The molecule has 2 aromatic carbocycles. The molecule has 1 N–H and O–H groups in total. The fraction of sp³-hybridized carbons (Fsp3) is 0.375. The van der Waals surface area contributed by atoms with Crippen LogP contribution in [-0.2, 0) is 15.1 Å². The number of hydrogen-bond donors (Lipinski definition) is 1. The van der Waals surface area contributed by atoms with Crippen LogP contribution in [0.15, 0.2) is 47.0 Å². The van der Waals surface area contributed by atoms with E-state index in [4.69, 9.17) is 20.9 Å². The van der Waals surface area contributed by atoms with Crippen LogP contribution in [0.5, 0.6) is 5.75 Å². The quantitative estimate of drug-likeness (QED) is 0.440. The fourth-order valence-electron chi connectivity index (χ4n) is 3.16. The van der Waals surface area contributed by atoms with Gasteiger partial charge in [-0.05, 0) is 63.6 Å². The van der Waals surface area contributed by atoms with Crippen LogP contribution in [0.2, 0.25) is 5.02 Å². The first-order chi connectivity index (χ1) is 15.2. The first-order valence-corrected chi connectivity index (χ1v) is 10.8. The molecule has 0 fully saturated rings. The molecule has 3 rings (SSSR count). The molecule has 0 saturated heterocycles. The van der Waals surface area contributed by atoms with Crippen molar-refractivity contribution >= 4 is 17.6 Å². The van der Waals surface area contributed by atoms with Gasteiger partial charge in [0, 0.05) is 23.2 Å². The Morgan fingerprint density at radius 2 is 1.84 bits per heavy atom. The number of methoxy groups -OCH3 is 1. The van der Waals surface area contributed by atoms with E-state index in [2.05, 4.69) is 34.0 Å². The average Bonchev–Trinajstić information content (AvgIpc) is 3.25. The number of aromatic nitrogens is 2. The van der Waals surface area contributed by atoms with Crippen LogP contribution in [0.1, 0.15) is 39.7 Å². The molecule has 0 aliphatic heterocycles. The first kappa shape index (κ1) is 23.8. The van der Waals surface area contributed by atoms with Crippen molar-refractivity contribution in [3.05, 3.63) is 53.1 Å². The van der Waals surface area contributed by atoms with Gasteiger partial charge in [-0.3, -0.25) is 4.79 Å². The third-order valence-corrected chi connectivity index (χ3v) is 5.25. The molecule has 0 unspecified atom stereocenters. The second-order valence-corrected chi connectivity index (χ2v) is 8.60. The third-order valence-electron chi connectivity index (χ3n) is 4.96. The van der Waals surface area contributed by atoms with Crippen molar-refractivity contribution in [2.24, 2.45) is 0 Å². The number of benzene rings is 2. The van der Waals surface area contributed by atoms with Gasteiger partial charge in [-0.1, -0.05) is 28.9 Å². The lowest BCUT2D eigenvalue weighted by atomic mass is 9.93. The zero-order valence-corrected chi connectivity index (χ0v) is 19.7. The molecule has 0 saturated carbocycles. The number of carbonyl (C=O) groups is 1. The molecule has 0 aliphatic carbocycles. The maximum absolute atomic E-state index is 11.3. The lowest BCUT2D eigenvalue weighted by molar-refractivity contribution is -0.140. The summed E-state index contributed by atoms with van der Waals surface area (Å²) >= 11 is 6.33. The Hall–Kier alpha value is -2.90. The smallest absolute Gasteiger partial charge is 0.306 e. The highest BCUT2D eigenvalue weighted by Gasteiger charge is 2.21. The monoisotopic (exact) mass is 457 g/mol. The molecule has 32 heavy (non-hydrogen) atoms. The van der Waals surface area contributed by atoms with Crippen molar-refractivity contribution in [1.82, 2.24) is 15.5 Å². The van der Waals surface area contributed by atoms with E-state index in [1.54, 1.807) is 12.1 Å². The summed E-state index contributed by atoms with van der Waals surface area (Å²) < 4.78 is 15.8. The van der Waals surface area contributed by atoms with Crippen LogP contribution < -0.4 is 10.1 Å². The van der Waals surface area contributed by atoms with Gasteiger partial charge < -0.3 is 19.3 Å². The lowest BCUT2D eigenvalue weighted by Crippen LogP contribution is -2.37. The van der Waals surface area contributed by atoms with Crippen molar-refractivity contribution in [3.8, 4) is 28.6 Å². The summed E-state index contributed by atoms with van der Waals surface area (Å²) in [6.07, 6.45) is 0.350. The van der Waals surface area contributed by atoms with E-state index in [1.807, 2.05) is 44.2 Å². The second-order valence-electron chi connectivity index (χ2n) is 8.19. The molecule has 0 amide bonds. The van der Waals surface area contributed by atoms with E-state index in [9.17, 15) is 4.79 Å². The summed E-state index contributed by atoms with van der Waals surface area (Å²) in [5, 5.41) is 7.96. The van der Waals surface area contributed by atoms with Gasteiger partial charge in [0.05, 0.1) is 24.7 Å². The fourth-order valence-corrected chi connectivity index (χ4v) is 3.38. The van der Waals surface area contributed by atoms with Crippen molar-refractivity contribution < 1.29 is 18.8 Å². The minimum atomic E-state index is -0.316. The van der Waals surface area contributed by atoms with Crippen LogP contribution in [0.4, 0.5) is 0 Å². The first-order valence-electron chi connectivity index (χ1n) is 10.4. The number of rotatable bonds is 9. The van der Waals surface area contributed by atoms with Crippen molar-refractivity contribution in [3.63, 3.8) is 0 Å². The summed E-state index contributed by atoms with van der Waals surface area (Å²) in [6.45, 7) is 8.53. The zero-order chi connectivity index (χ0) is 23.3. The molecule has 0 radical (unpaired) electrons. The van der Waals surface area contributed by atoms with Crippen LogP contribution in [0, 0.1) is 0 Å². The van der Waals surface area contributed by atoms with Crippen LogP contribution >= 0.6 is 11.6 Å². The van der Waals surface area contributed by atoms with Gasteiger partial charge in [0.2, 0.25) is 5.82 Å². The number of hydrogen-bond acceptors (Lipinski definition) is 7. The Kier molecular flexibility index (Phi) is 7.53. The van der Waals surface area contributed by atoms with Crippen LogP contribution in [-0.4, -0.2) is 35.9 Å². The van der Waals surface area contributed by atoms with Gasteiger partial charge in [0.15, 0.2) is 0 Å². The standard InChI is InChI=1S/C24H28ClN3O4/c1-15(2)31-20-11-8-17(14-19(20)25)22-27-23(32-28-22)16-6-9-18(10-7-16)24(3,4)26-13-12-21(29)30-5/h6-11,14-15,26H,12-13H2,1-5H3. The normalized spacial score (nSPS) is 11.6. The molecule has 0 atom stereocenters. The van der Waals surface area contributed by atoms with Gasteiger partial charge in [-0.15, -0.1) is 0 Å². The Morgan fingerprint density at radius 1 is 1.16 bits per heavy atom. The predicted octanol–water partition coefficient (Wildman–Crippen LogP) is 5.23. The second kappa shape index (κ2) is 10.1. The van der Waals surface area contributed by atoms with Gasteiger partial charge in [0.1, 0.15) is 5.75 Å². The minimum absolute atomic E-state index is 0.0334. The largest absolute Gasteiger partial charge is 0.489 e. The number of esters is 1. The van der Waals surface area contributed by atoms with Crippen molar-refractivity contribution in [2.75, 3.05) is 13.7 Å². The van der Waals surface area contributed by atoms with Gasteiger partial charge in [0.25, 0.3) is 5.89 Å². The van der Waals surface area contributed by atoms with E-state index in [-0.39, 0.29) is 17.6 Å². The van der Waals surface area contributed by atoms with Crippen LogP contribution in [0.3, 0.4) is 0 Å². The summed E-state index contributed by atoms with van der Waals surface area (Å²) in [5.41, 5.74) is 2.30. The van der Waals surface area contributed by atoms with E-state index in [0.717, 1.165) is 16.7 Å². The van der Waals surface area contributed by atoms with Gasteiger partial charge in [-0.25, -0.2) is 0 Å². The van der Waals surface area contributed by atoms with Gasteiger partial charge >= 0.3 is 5.97 Å². The highest BCUT2D eigenvalue weighted by molar-refractivity contribution is 6.32. The van der Waals surface area contributed by atoms with Crippen LogP contribution in [0.25, 0.3) is 22.8 Å². The highest BCUT2D eigenvalue weighted by atomic mass is 35.5. The topological polar surface area (TPSA) is 86.5 Å². The maximum Gasteiger partial charge on any atom is 0.306 e. The van der Waals surface area contributed by atoms with Crippen molar-refractivity contribution in [1.29, 1.82) is 0 Å². The molecular weight excluding hydrogens is 430 g/mol. The molecular formula is C24H28ClN3O4. The molecule has 0 spiro atoms. The van der Waals surface area contributed by atoms with E-state index in [0.29, 0.717) is 35.5 Å². The Morgan fingerprint density at radius 3 is 2.47 bits per heavy atom. The molecule has 1 aromatic heterocycles. The summed E-state index contributed by atoms with van der Waals surface area (Å²) in [7, 11) is 1.39. The number of carbonyl (C=O) groups excluding carboxylic acids is 1. The molecule has 0 bridgehead atoms. The van der Waals surface area contributed by atoms with E-state index >= 15 is 0 Å². The van der Waals surface area contributed by atoms with Gasteiger partial charge in [-0.2, -0.15) is 4.98 Å². The SMILES string of the molecule is COC(=O)CCNC(C)(C)c1ccc(-c2nc(-c3ccc(OC(C)C)c(Cl)c3)no2)cc1. The maximum atomic E-state index is 11.3. The van der Waals surface area contributed by atoms with E-state index in [1.165, 1.54) is 7.11 Å². The minimum Gasteiger partial charge on any atom is -0.489 e.